The van der Waals surface area contributed by atoms with E-state index in [0.29, 0.717) is 12.6 Å². The highest BCUT2D eigenvalue weighted by Gasteiger charge is 2.44. The second-order valence-electron chi connectivity index (χ2n) is 6.50. The van der Waals surface area contributed by atoms with Crippen molar-refractivity contribution >= 4 is 0 Å². The normalized spacial score (nSPS) is 27.1. The van der Waals surface area contributed by atoms with Crippen molar-refractivity contribution in [2.24, 2.45) is 0 Å². The van der Waals surface area contributed by atoms with E-state index < -0.39 is 0 Å². The summed E-state index contributed by atoms with van der Waals surface area (Å²) in [6, 6.07) is 10.5. The van der Waals surface area contributed by atoms with Crippen LogP contribution in [0, 0.1) is 0 Å². The van der Waals surface area contributed by atoms with E-state index in [1.54, 1.807) is 12.4 Å². The molecular formula is C19H23N3O2. The highest BCUT2D eigenvalue weighted by Crippen LogP contribution is 2.32. The minimum Gasteiger partial charge on any atom is -0.374 e. The zero-order chi connectivity index (χ0) is 16.2. The van der Waals surface area contributed by atoms with E-state index in [9.17, 15) is 0 Å². The van der Waals surface area contributed by atoms with Gasteiger partial charge in [0, 0.05) is 44.3 Å². The molecule has 2 aromatic heterocycles. The van der Waals surface area contributed by atoms with Gasteiger partial charge >= 0.3 is 0 Å². The van der Waals surface area contributed by atoms with E-state index >= 15 is 0 Å². The van der Waals surface area contributed by atoms with Crippen molar-refractivity contribution in [2.45, 2.75) is 44.2 Å². The quantitative estimate of drug-likeness (QED) is 0.845. The SMILES string of the molecule is c1ccc(CN2C[C@@H](OCc3ccncc3)[C@@H]3OCCC[C@@H]32)nc1. The zero-order valence-electron chi connectivity index (χ0n) is 13.8. The maximum absolute atomic E-state index is 6.21. The molecule has 0 aromatic carbocycles. The van der Waals surface area contributed by atoms with Crippen LogP contribution in [0.1, 0.15) is 24.1 Å². The number of pyridine rings is 2. The number of hydrogen-bond donors (Lipinski definition) is 0. The Labute approximate surface area is 142 Å². The summed E-state index contributed by atoms with van der Waals surface area (Å²) in [5.41, 5.74) is 2.26. The minimum atomic E-state index is 0.118. The predicted octanol–water partition coefficient (Wildman–Crippen LogP) is 2.43. The molecule has 0 aliphatic carbocycles. The Bertz CT molecular complexity index is 638. The maximum atomic E-state index is 6.21. The predicted molar refractivity (Wildman–Crippen MR) is 90.2 cm³/mol. The Hall–Kier alpha value is -1.82. The molecular weight excluding hydrogens is 302 g/mol. The molecule has 4 heterocycles. The second kappa shape index (κ2) is 7.38. The molecule has 0 N–H and O–H groups in total. The Morgan fingerprint density at radius 3 is 2.92 bits per heavy atom. The fourth-order valence-electron chi connectivity index (χ4n) is 3.71. The number of hydrogen-bond acceptors (Lipinski definition) is 5. The number of likely N-dealkylation sites (tertiary alicyclic amines) is 1. The lowest BCUT2D eigenvalue weighted by Gasteiger charge is -2.32. The molecule has 4 rings (SSSR count). The average molecular weight is 325 g/mol. The molecule has 2 fully saturated rings. The number of aromatic nitrogens is 2. The van der Waals surface area contributed by atoms with Gasteiger partial charge in [-0.3, -0.25) is 14.9 Å². The van der Waals surface area contributed by atoms with E-state index in [0.717, 1.165) is 37.4 Å². The standard InChI is InChI=1S/C19H23N3O2/c1-2-8-21-16(4-1)12-22-13-18(19-17(22)5-3-11-23-19)24-14-15-6-9-20-10-7-15/h1-2,4,6-10,17-19H,3,5,11-14H2/t17-,18+,19+/m0/s1. The molecule has 0 radical (unpaired) electrons. The van der Waals surface area contributed by atoms with E-state index in [4.69, 9.17) is 9.47 Å². The molecule has 24 heavy (non-hydrogen) atoms. The summed E-state index contributed by atoms with van der Waals surface area (Å²) >= 11 is 0. The van der Waals surface area contributed by atoms with Crippen molar-refractivity contribution in [1.82, 2.24) is 14.9 Å². The third-order valence-electron chi connectivity index (χ3n) is 4.89. The Morgan fingerprint density at radius 2 is 2.08 bits per heavy atom. The molecule has 5 nitrogen and oxygen atoms in total. The van der Waals surface area contributed by atoms with Crippen molar-refractivity contribution in [3.8, 4) is 0 Å². The average Bonchev–Trinajstić information content (AvgIpc) is 3.00. The van der Waals surface area contributed by atoms with Crippen molar-refractivity contribution in [3.63, 3.8) is 0 Å². The Balaban J connectivity index is 1.43. The van der Waals surface area contributed by atoms with Crippen LogP contribution in [0.25, 0.3) is 0 Å². The van der Waals surface area contributed by atoms with Gasteiger partial charge in [-0.05, 0) is 42.7 Å². The van der Waals surface area contributed by atoms with Crippen LogP contribution in [0.2, 0.25) is 0 Å². The highest BCUT2D eigenvalue weighted by atomic mass is 16.5. The summed E-state index contributed by atoms with van der Waals surface area (Å²) in [6.45, 7) is 3.21. The third kappa shape index (κ3) is 3.48. The number of ether oxygens (including phenoxy) is 2. The summed E-state index contributed by atoms with van der Waals surface area (Å²) in [5, 5.41) is 0. The summed E-state index contributed by atoms with van der Waals surface area (Å²) in [6.07, 6.45) is 8.05. The Morgan fingerprint density at radius 1 is 1.17 bits per heavy atom. The summed E-state index contributed by atoms with van der Waals surface area (Å²) in [5.74, 6) is 0. The third-order valence-corrected chi connectivity index (χ3v) is 4.89. The van der Waals surface area contributed by atoms with Crippen LogP contribution in [0.3, 0.4) is 0 Å². The van der Waals surface area contributed by atoms with Crippen LogP contribution in [0.4, 0.5) is 0 Å². The van der Waals surface area contributed by atoms with Gasteiger partial charge in [0.15, 0.2) is 0 Å². The number of fused-ring (bicyclic) bond motifs is 1. The van der Waals surface area contributed by atoms with Gasteiger partial charge in [-0.2, -0.15) is 0 Å². The minimum absolute atomic E-state index is 0.118. The topological polar surface area (TPSA) is 47.5 Å². The van der Waals surface area contributed by atoms with Crippen molar-refractivity contribution in [1.29, 1.82) is 0 Å². The van der Waals surface area contributed by atoms with Gasteiger partial charge in [0.25, 0.3) is 0 Å². The van der Waals surface area contributed by atoms with Crippen molar-refractivity contribution in [3.05, 3.63) is 60.2 Å². The van der Waals surface area contributed by atoms with Gasteiger partial charge in [-0.1, -0.05) is 6.07 Å². The molecule has 2 saturated heterocycles. The molecule has 0 saturated carbocycles. The van der Waals surface area contributed by atoms with Crippen LogP contribution in [-0.4, -0.2) is 46.3 Å². The lowest BCUT2D eigenvalue weighted by atomic mass is 10.0. The molecule has 0 spiro atoms. The van der Waals surface area contributed by atoms with E-state index in [1.165, 1.54) is 6.42 Å². The van der Waals surface area contributed by atoms with E-state index in [-0.39, 0.29) is 12.2 Å². The molecule has 5 heteroatoms. The lowest BCUT2D eigenvalue weighted by molar-refractivity contribution is -0.0819. The van der Waals surface area contributed by atoms with Crippen LogP contribution >= 0.6 is 0 Å². The molecule has 2 aliphatic heterocycles. The monoisotopic (exact) mass is 325 g/mol. The van der Waals surface area contributed by atoms with Crippen LogP contribution in [0.5, 0.6) is 0 Å². The van der Waals surface area contributed by atoms with Gasteiger partial charge in [0.1, 0.15) is 6.10 Å². The fraction of sp³-hybridized carbons (Fsp3) is 0.474. The molecule has 3 atom stereocenters. The first-order valence-corrected chi connectivity index (χ1v) is 8.66. The number of nitrogens with zero attached hydrogens (tertiary/aromatic N) is 3. The molecule has 126 valence electrons. The van der Waals surface area contributed by atoms with Crippen LogP contribution in [-0.2, 0) is 22.6 Å². The summed E-state index contributed by atoms with van der Waals surface area (Å²) in [7, 11) is 0. The van der Waals surface area contributed by atoms with Gasteiger partial charge in [-0.15, -0.1) is 0 Å². The molecule has 0 unspecified atom stereocenters. The first kappa shape index (κ1) is 15.7. The first-order chi connectivity index (χ1) is 11.9. The van der Waals surface area contributed by atoms with Gasteiger partial charge in [0.2, 0.25) is 0 Å². The van der Waals surface area contributed by atoms with E-state index in [2.05, 4.69) is 20.9 Å². The highest BCUT2D eigenvalue weighted by molar-refractivity contribution is 5.09. The Kier molecular flexibility index (Phi) is 4.83. The zero-order valence-corrected chi connectivity index (χ0v) is 13.8. The van der Waals surface area contributed by atoms with Crippen molar-refractivity contribution in [2.75, 3.05) is 13.2 Å². The molecule has 2 aliphatic rings. The van der Waals surface area contributed by atoms with Gasteiger partial charge in [-0.25, -0.2) is 0 Å². The van der Waals surface area contributed by atoms with E-state index in [1.807, 2.05) is 30.5 Å². The molecule has 0 bridgehead atoms. The summed E-state index contributed by atoms with van der Waals surface area (Å²) in [4.78, 5) is 11.0. The molecule has 2 aromatic rings. The van der Waals surface area contributed by atoms with Crippen LogP contribution < -0.4 is 0 Å². The molecule has 0 amide bonds. The van der Waals surface area contributed by atoms with Gasteiger partial charge < -0.3 is 9.47 Å². The second-order valence-corrected chi connectivity index (χ2v) is 6.50. The lowest BCUT2D eigenvalue weighted by Crippen LogP contribution is -2.41. The van der Waals surface area contributed by atoms with Crippen molar-refractivity contribution < 1.29 is 9.47 Å². The first-order valence-electron chi connectivity index (χ1n) is 8.66. The number of rotatable bonds is 5. The largest absolute Gasteiger partial charge is 0.374 e. The fourth-order valence-corrected chi connectivity index (χ4v) is 3.71. The summed E-state index contributed by atoms with van der Waals surface area (Å²) < 4.78 is 12.3. The smallest absolute Gasteiger partial charge is 0.100 e. The maximum Gasteiger partial charge on any atom is 0.100 e. The van der Waals surface area contributed by atoms with Gasteiger partial charge in [0.05, 0.1) is 18.4 Å². The van der Waals surface area contributed by atoms with Crippen LogP contribution in [0.15, 0.2) is 48.9 Å².